The van der Waals surface area contributed by atoms with Gasteiger partial charge in [-0.3, -0.25) is 10.1 Å². The number of anilines is 1. The smallest absolute Gasteiger partial charge is 0.375 e. The van der Waals surface area contributed by atoms with Crippen molar-refractivity contribution in [1.82, 2.24) is 0 Å². The van der Waals surface area contributed by atoms with E-state index in [-0.39, 0.29) is 18.3 Å². The van der Waals surface area contributed by atoms with E-state index in [1.807, 2.05) is 6.92 Å². The Morgan fingerprint density at radius 1 is 1.45 bits per heavy atom. The molecule has 0 fully saturated rings. The van der Waals surface area contributed by atoms with Crippen LogP contribution < -0.4 is 11.1 Å². The van der Waals surface area contributed by atoms with Crippen LogP contribution >= 0.6 is 0 Å². The maximum atomic E-state index is 12.5. The van der Waals surface area contributed by atoms with Crippen molar-refractivity contribution >= 4 is 11.4 Å². The van der Waals surface area contributed by atoms with Crippen molar-refractivity contribution in [3.63, 3.8) is 0 Å². The zero-order valence-electron chi connectivity index (χ0n) is 10.9. The molecule has 1 aromatic carbocycles. The Morgan fingerprint density at radius 2 is 2.10 bits per heavy atom. The number of rotatable bonds is 6. The van der Waals surface area contributed by atoms with Gasteiger partial charge in [-0.25, -0.2) is 0 Å². The van der Waals surface area contributed by atoms with Gasteiger partial charge in [0.1, 0.15) is 5.69 Å². The standard InChI is InChI=1S/C12H16F3N3O2/c1-2-3-9(7-16)17-10-5-4-8(12(13,14)15)6-11(10)18(19)20/h4-6,9,17H,2-3,7,16H2,1H3. The Morgan fingerprint density at radius 3 is 2.55 bits per heavy atom. The van der Waals surface area contributed by atoms with Crippen LogP contribution in [0.3, 0.4) is 0 Å². The van der Waals surface area contributed by atoms with Crippen molar-refractivity contribution in [2.24, 2.45) is 5.73 Å². The number of nitrogens with two attached hydrogens (primary N) is 1. The van der Waals surface area contributed by atoms with Crippen LogP contribution in [0, 0.1) is 10.1 Å². The molecular formula is C12H16F3N3O2. The first-order valence-corrected chi connectivity index (χ1v) is 6.11. The third-order valence-corrected chi connectivity index (χ3v) is 2.80. The van der Waals surface area contributed by atoms with Gasteiger partial charge in [-0.1, -0.05) is 13.3 Å². The lowest BCUT2D eigenvalue weighted by atomic mass is 10.1. The van der Waals surface area contributed by atoms with E-state index in [0.29, 0.717) is 12.5 Å². The highest BCUT2D eigenvalue weighted by atomic mass is 19.4. The van der Waals surface area contributed by atoms with Crippen LogP contribution in [0.4, 0.5) is 24.5 Å². The largest absolute Gasteiger partial charge is 0.416 e. The molecular weight excluding hydrogens is 275 g/mol. The molecule has 0 aromatic heterocycles. The van der Waals surface area contributed by atoms with Gasteiger partial charge in [0, 0.05) is 18.7 Å². The molecule has 0 spiro atoms. The van der Waals surface area contributed by atoms with Gasteiger partial charge in [0.25, 0.3) is 5.69 Å². The number of nitro groups is 1. The molecule has 1 rings (SSSR count). The Balaban J connectivity index is 3.10. The minimum Gasteiger partial charge on any atom is -0.375 e. The van der Waals surface area contributed by atoms with Crippen molar-refractivity contribution in [3.8, 4) is 0 Å². The van der Waals surface area contributed by atoms with Crippen LogP contribution in [0.1, 0.15) is 25.3 Å². The third kappa shape index (κ3) is 4.09. The summed E-state index contributed by atoms with van der Waals surface area (Å²) in [5.41, 5.74) is 3.92. The van der Waals surface area contributed by atoms with Crippen LogP contribution in [0.2, 0.25) is 0 Å². The van der Waals surface area contributed by atoms with Crippen LogP contribution in [-0.2, 0) is 6.18 Å². The molecule has 20 heavy (non-hydrogen) atoms. The summed E-state index contributed by atoms with van der Waals surface area (Å²) in [4.78, 5) is 10.1. The van der Waals surface area contributed by atoms with Gasteiger partial charge in [-0.05, 0) is 18.6 Å². The predicted octanol–water partition coefficient (Wildman–Crippen LogP) is 3.15. The number of hydrogen-bond acceptors (Lipinski definition) is 4. The molecule has 5 nitrogen and oxygen atoms in total. The van der Waals surface area contributed by atoms with Gasteiger partial charge in [-0.2, -0.15) is 13.2 Å². The van der Waals surface area contributed by atoms with E-state index in [1.54, 1.807) is 0 Å². The number of hydrogen-bond donors (Lipinski definition) is 2. The monoisotopic (exact) mass is 291 g/mol. The molecule has 0 aliphatic heterocycles. The summed E-state index contributed by atoms with van der Waals surface area (Å²) in [5.74, 6) is 0. The lowest BCUT2D eigenvalue weighted by molar-refractivity contribution is -0.384. The van der Waals surface area contributed by atoms with E-state index in [0.717, 1.165) is 18.6 Å². The molecule has 0 heterocycles. The molecule has 0 saturated heterocycles. The molecule has 0 aliphatic carbocycles. The summed E-state index contributed by atoms with van der Waals surface area (Å²) in [7, 11) is 0. The number of alkyl halides is 3. The fourth-order valence-electron chi connectivity index (χ4n) is 1.80. The lowest BCUT2D eigenvalue weighted by Crippen LogP contribution is -2.29. The van der Waals surface area contributed by atoms with Gasteiger partial charge in [0.15, 0.2) is 0 Å². The molecule has 1 aromatic rings. The summed E-state index contributed by atoms with van der Waals surface area (Å²) in [5, 5.41) is 13.7. The number of benzene rings is 1. The maximum Gasteiger partial charge on any atom is 0.416 e. The molecule has 0 radical (unpaired) electrons. The molecule has 1 unspecified atom stereocenters. The van der Waals surface area contributed by atoms with Crippen LogP contribution in [0.5, 0.6) is 0 Å². The minimum atomic E-state index is -4.61. The van der Waals surface area contributed by atoms with Crippen molar-refractivity contribution in [2.45, 2.75) is 32.0 Å². The van der Waals surface area contributed by atoms with E-state index in [2.05, 4.69) is 5.32 Å². The Bertz CT molecular complexity index is 478. The van der Waals surface area contributed by atoms with Crippen molar-refractivity contribution in [2.75, 3.05) is 11.9 Å². The summed E-state index contributed by atoms with van der Waals surface area (Å²) in [6, 6.07) is 2.20. The Kier molecular flexibility index (Phi) is 5.32. The van der Waals surface area contributed by atoms with E-state index < -0.39 is 22.4 Å². The summed E-state index contributed by atoms with van der Waals surface area (Å²) < 4.78 is 37.6. The van der Waals surface area contributed by atoms with Crippen LogP contribution in [-0.4, -0.2) is 17.5 Å². The van der Waals surface area contributed by atoms with Crippen molar-refractivity contribution < 1.29 is 18.1 Å². The van der Waals surface area contributed by atoms with E-state index in [1.165, 1.54) is 0 Å². The normalized spacial score (nSPS) is 13.1. The average molecular weight is 291 g/mol. The van der Waals surface area contributed by atoms with Crippen molar-refractivity contribution in [1.29, 1.82) is 0 Å². The third-order valence-electron chi connectivity index (χ3n) is 2.80. The minimum absolute atomic E-state index is 0.0481. The Hall–Kier alpha value is -1.83. The second-order valence-corrected chi connectivity index (χ2v) is 4.35. The molecule has 0 amide bonds. The number of nitro benzene ring substituents is 1. The van der Waals surface area contributed by atoms with Crippen LogP contribution in [0.15, 0.2) is 18.2 Å². The summed E-state index contributed by atoms with van der Waals surface area (Å²) in [6.45, 7) is 2.16. The average Bonchev–Trinajstić information content (AvgIpc) is 2.36. The first kappa shape index (κ1) is 16.2. The van der Waals surface area contributed by atoms with E-state index >= 15 is 0 Å². The van der Waals surface area contributed by atoms with Gasteiger partial charge < -0.3 is 11.1 Å². The first-order chi connectivity index (χ1) is 9.29. The molecule has 8 heteroatoms. The second-order valence-electron chi connectivity index (χ2n) is 4.35. The molecule has 0 aliphatic rings. The van der Waals surface area contributed by atoms with E-state index in [4.69, 9.17) is 5.73 Å². The van der Waals surface area contributed by atoms with Gasteiger partial charge in [0.2, 0.25) is 0 Å². The lowest BCUT2D eigenvalue weighted by Gasteiger charge is -2.18. The SMILES string of the molecule is CCCC(CN)Nc1ccc(C(F)(F)F)cc1[N+](=O)[O-]. The highest BCUT2D eigenvalue weighted by Crippen LogP contribution is 2.35. The fourth-order valence-corrected chi connectivity index (χ4v) is 1.80. The molecule has 112 valence electrons. The zero-order valence-corrected chi connectivity index (χ0v) is 10.9. The Labute approximate surface area is 114 Å². The predicted molar refractivity (Wildman–Crippen MR) is 69.5 cm³/mol. The quantitative estimate of drug-likeness (QED) is 0.623. The molecule has 3 N–H and O–H groups in total. The summed E-state index contributed by atoms with van der Waals surface area (Å²) >= 11 is 0. The van der Waals surface area contributed by atoms with Gasteiger partial charge in [0.05, 0.1) is 10.5 Å². The number of nitrogens with zero attached hydrogens (tertiary/aromatic N) is 1. The highest BCUT2D eigenvalue weighted by molar-refractivity contribution is 5.63. The van der Waals surface area contributed by atoms with Crippen molar-refractivity contribution in [3.05, 3.63) is 33.9 Å². The molecule has 0 bridgehead atoms. The van der Waals surface area contributed by atoms with Crippen LogP contribution in [0.25, 0.3) is 0 Å². The van der Waals surface area contributed by atoms with Gasteiger partial charge >= 0.3 is 6.18 Å². The van der Waals surface area contributed by atoms with Gasteiger partial charge in [-0.15, -0.1) is 0 Å². The zero-order chi connectivity index (χ0) is 15.3. The first-order valence-electron chi connectivity index (χ1n) is 6.11. The highest BCUT2D eigenvalue weighted by Gasteiger charge is 2.33. The molecule has 0 saturated carbocycles. The maximum absolute atomic E-state index is 12.5. The fraction of sp³-hybridized carbons (Fsp3) is 0.500. The number of halogens is 3. The summed E-state index contributed by atoms with van der Waals surface area (Å²) in [6.07, 6.45) is -3.13. The van der Waals surface area contributed by atoms with E-state index in [9.17, 15) is 23.3 Å². The molecule has 1 atom stereocenters. The topological polar surface area (TPSA) is 81.2 Å². The number of nitrogens with one attached hydrogen (secondary N) is 1. The second kappa shape index (κ2) is 6.56.